The van der Waals surface area contributed by atoms with E-state index in [1.54, 1.807) is 37.3 Å². The van der Waals surface area contributed by atoms with Gasteiger partial charge in [-0.1, -0.05) is 18.2 Å². The second-order valence-electron chi connectivity index (χ2n) is 5.34. The lowest BCUT2D eigenvalue weighted by Crippen LogP contribution is -2.40. The van der Waals surface area contributed by atoms with Gasteiger partial charge in [0.25, 0.3) is 0 Å². The van der Waals surface area contributed by atoms with Crippen LogP contribution in [-0.4, -0.2) is 45.7 Å². The molecule has 7 heteroatoms. The lowest BCUT2D eigenvalue weighted by molar-refractivity contribution is 0.289. The van der Waals surface area contributed by atoms with E-state index in [1.165, 1.54) is 4.31 Å². The minimum atomic E-state index is -3.29. The fourth-order valence-electron chi connectivity index (χ4n) is 2.57. The summed E-state index contributed by atoms with van der Waals surface area (Å²) in [7, 11) is -6.44. The first-order valence-corrected chi connectivity index (χ1v) is 10.4. The van der Waals surface area contributed by atoms with Crippen LogP contribution in [0.1, 0.15) is 19.8 Å². The third kappa shape index (κ3) is 4.05. The smallest absolute Gasteiger partial charge is 0.213 e. The third-order valence-electron chi connectivity index (χ3n) is 3.89. The number of sulfone groups is 1. The summed E-state index contributed by atoms with van der Waals surface area (Å²) in [5.41, 5.74) is 0. The highest BCUT2D eigenvalue weighted by atomic mass is 32.2. The van der Waals surface area contributed by atoms with Crippen molar-refractivity contribution in [2.75, 3.05) is 24.6 Å². The molecule has 1 aliphatic rings. The van der Waals surface area contributed by atoms with Crippen LogP contribution in [0.5, 0.6) is 0 Å². The Morgan fingerprint density at radius 1 is 1.05 bits per heavy atom. The Morgan fingerprint density at radius 3 is 2.14 bits per heavy atom. The Labute approximate surface area is 126 Å². The van der Waals surface area contributed by atoms with Crippen molar-refractivity contribution < 1.29 is 16.8 Å². The first-order chi connectivity index (χ1) is 9.85. The van der Waals surface area contributed by atoms with Crippen molar-refractivity contribution in [1.29, 1.82) is 0 Å². The number of piperidine rings is 1. The Hall–Kier alpha value is -0.920. The van der Waals surface area contributed by atoms with Crippen LogP contribution in [-0.2, 0) is 19.9 Å². The van der Waals surface area contributed by atoms with E-state index >= 15 is 0 Å². The maximum Gasteiger partial charge on any atom is 0.213 e. The molecule has 0 N–H and O–H groups in total. The van der Waals surface area contributed by atoms with Crippen LogP contribution in [0, 0.1) is 5.92 Å². The number of hydrogen-bond acceptors (Lipinski definition) is 4. The van der Waals surface area contributed by atoms with E-state index in [1.807, 2.05) is 0 Å². The average Bonchev–Trinajstić information content (AvgIpc) is 2.48. The molecule has 21 heavy (non-hydrogen) atoms. The Kier molecular flexibility index (Phi) is 5.06. The highest BCUT2D eigenvalue weighted by Crippen LogP contribution is 2.24. The molecule has 2 rings (SSSR count). The van der Waals surface area contributed by atoms with E-state index in [4.69, 9.17) is 0 Å². The van der Waals surface area contributed by atoms with Gasteiger partial charge in [-0.25, -0.2) is 21.1 Å². The van der Waals surface area contributed by atoms with Gasteiger partial charge in [0.15, 0.2) is 9.84 Å². The second kappa shape index (κ2) is 6.46. The Balaban J connectivity index is 1.98. The molecule has 0 saturated carbocycles. The van der Waals surface area contributed by atoms with Gasteiger partial charge < -0.3 is 0 Å². The molecule has 0 bridgehead atoms. The molecule has 0 aliphatic carbocycles. The molecule has 1 aromatic carbocycles. The van der Waals surface area contributed by atoms with E-state index in [0.29, 0.717) is 30.8 Å². The van der Waals surface area contributed by atoms with Crippen LogP contribution in [0.2, 0.25) is 0 Å². The molecular weight excluding hydrogens is 310 g/mol. The lowest BCUT2D eigenvalue weighted by Gasteiger charge is -2.30. The van der Waals surface area contributed by atoms with Crippen LogP contribution in [0.25, 0.3) is 0 Å². The molecule has 0 amide bonds. The first-order valence-electron chi connectivity index (χ1n) is 7.11. The molecule has 0 unspecified atom stereocenters. The molecule has 0 atom stereocenters. The summed E-state index contributed by atoms with van der Waals surface area (Å²) in [6.45, 7) is 2.47. The molecule has 1 heterocycles. The summed E-state index contributed by atoms with van der Waals surface area (Å²) in [6, 6.07) is 8.41. The van der Waals surface area contributed by atoms with Crippen LogP contribution in [0.3, 0.4) is 0 Å². The molecule has 5 nitrogen and oxygen atoms in total. The monoisotopic (exact) mass is 331 g/mol. The van der Waals surface area contributed by atoms with E-state index in [-0.39, 0.29) is 17.4 Å². The van der Waals surface area contributed by atoms with E-state index in [0.717, 1.165) is 0 Å². The first kappa shape index (κ1) is 16.5. The predicted molar refractivity (Wildman–Crippen MR) is 82.3 cm³/mol. The van der Waals surface area contributed by atoms with Gasteiger partial charge >= 0.3 is 0 Å². The van der Waals surface area contributed by atoms with Crippen molar-refractivity contribution in [3.63, 3.8) is 0 Å². The van der Waals surface area contributed by atoms with Crippen molar-refractivity contribution in [2.24, 2.45) is 5.92 Å². The van der Waals surface area contributed by atoms with Gasteiger partial charge in [-0.2, -0.15) is 0 Å². The van der Waals surface area contributed by atoms with Crippen molar-refractivity contribution in [2.45, 2.75) is 24.7 Å². The van der Waals surface area contributed by atoms with Gasteiger partial charge in [0.05, 0.1) is 16.4 Å². The molecule has 1 aromatic rings. The summed E-state index contributed by atoms with van der Waals surface area (Å²) >= 11 is 0. The fraction of sp³-hybridized carbons (Fsp3) is 0.571. The third-order valence-corrected chi connectivity index (χ3v) is 7.67. The molecule has 1 fully saturated rings. The Morgan fingerprint density at radius 2 is 1.62 bits per heavy atom. The highest BCUT2D eigenvalue weighted by Gasteiger charge is 2.29. The zero-order valence-corrected chi connectivity index (χ0v) is 13.7. The summed E-state index contributed by atoms with van der Waals surface area (Å²) in [6.07, 6.45) is 1.20. The van der Waals surface area contributed by atoms with Crippen molar-refractivity contribution >= 4 is 19.9 Å². The zero-order chi connectivity index (χ0) is 15.5. The second-order valence-corrected chi connectivity index (χ2v) is 9.63. The molecule has 0 radical (unpaired) electrons. The lowest BCUT2D eigenvalue weighted by atomic mass is 10.0. The van der Waals surface area contributed by atoms with Crippen LogP contribution >= 0.6 is 0 Å². The van der Waals surface area contributed by atoms with Gasteiger partial charge in [-0.3, -0.25) is 0 Å². The van der Waals surface area contributed by atoms with Crippen molar-refractivity contribution in [1.82, 2.24) is 4.31 Å². The number of nitrogens with zero attached hydrogens (tertiary/aromatic N) is 1. The summed E-state index contributed by atoms with van der Waals surface area (Å²) < 4.78 is 49.6. The number of rotatable bonds is 5. The predicted octanol–water partition coefficient (Wildman–Crippen LogP) is 1.52. The summed E-state index contributed by atoms with van der Waals surface area (Å²) in [5, 5.41) is 0. The molecule has 0 aromatic heterocycles. The molecule has 118 valence electrons. The van der Waals surface area contributed by atoms with Crippen LogP contribution in [0.15, 0.2) is 35.2 Å². The van der Waals surface area contributed by atoms with Crippen molar-refractivity contribution in [3.05, 3.63) is 30.3 Å². The van der Waals surface area contributed by atoms with E-state index in [2.05, 4.69) is 0 Å². The average molecular weight is 331 g/mol. The maximum absolute atomic E-state index is 12.3. The normalized spacial score (nSPS) is 18.7. The van der Waals surface area contributed by atoms with Crippen molar-refractivity contribution in [3.8, 4) is 0 Å². The largest absolute Gasteiger partial charge is 0.224 e. The quantitative estimate of drug-likeness (QED) is 0.820. The Bertz CT molecular complexity index is 660. The summed E-state index contributed by atoms with van der Waals surface area (Å²) in [4.78, 5) is 0.341. The number of sulfonamides is 1. The van der Waals surface area contributed by atoms with Crippen LogP contribution in [0.4, 0.5) is 0 Å². The summed E-state index contributed by atoms with van der Waals surface area (Å²) in [5.74, 6) is 0.218. The standard InChI is InChI=1S/C14H21NO4S2/c1-2-21(18,19)15-10-8-13(9-11-15)12-20(16,17)14-6-4-3-5-7-14/h3-7,13H,2,8-12H2,1H3. The fourth-order valence-corrected chi connectivity index (χ4v) is 5.42. The van der Waals surface area contributed by atoms with Gasteiger partial charge in [0.2, 0.25) is 10.0 Å². The van der Waals surface area contributed by atoms with Crippen LogP contribution < -0.4 is 0 Å². The SMILES string of the molecule is CCS(=O)(=O)N1CCC(CS(=O)(=O)c2ccccc2)CC1. The van der Waals surface area contributed by atoms with E-state index in [9.17, 15) is 16.8 Å². The maximum atomic E-state index is 12.3. The molecule has 1 saturated heterocycles. The van der Waals surface area contributed by atoms with Gasteiger partial charge in [0.1, 0.15) is 0 Å². The minimum absolute atomic E-state index is 0.0264. The van der Waals surface area contributed by atoms with Gasteiger partial charge in [0, 0.05) is 13.1 Å². The minimum Gasteiger partial charge on any atom is -0.224 e. The van der Waals surface area contributed by atoms with Gasteiger partial charge in [-0.15, -0.1) is 0 Å². The molecule has 1 aliphatic heterocycles. The van der Waals surface area contributed by atoms with Gasteiger partial charge in [-0.05, 0) is 37.8 Å². The molecule has 0 spiro atoms. The number of benzene rings is 1. The highest BCUT2D eigenvalue weighted by molar-refractivity contribution is 7.91. The topological polar surface area (TPSA) is 71.5 Å². The molecular formula is C14H21NO4S2. The number of hydrogen-bond donors (Lipinski definition) is 0. The van der Waals surface area contributed by atoms with E-state index < -0.39 is 19.9 Å². The zero-order valence-electron chi connectivity index (χ0n) is 12.1.